The molecule has 3 aromatic rings. The van der Waals surface area contributed by atoms with Crippen LogP contribution in [-0.2, 0) is 4.74 Å². The number of thiophene rings is 1. The SMILES string of the molecule is [Li][c]1ccccc1-c1scc(-c2ccccc2)c1OCOC. The second-order valence-corrected chi connectivity index (χ2v) is 5.92. The molecule has 106 valence electrons. The van der Waals surface area contributed by atoms with Crippen LogP contribution in [0.3, 0.4) is 0 Å². The van der Waals surface area contributed by atoms with Crippen molar-refractivity contribution >= 4 is 33.3 Å². The van der Waals surface area contributed by atoms with Crippen LogP contribution in [0.4, 0.5) is 0 Å². The number of rotatable bonds is 5. The molecule has 0 radical (unpaired) electrons. The number of hydrogen-bond donors (Lipinski definition) is 0. The zero-order valence-electron chi connectivity index (χ0n) is 12.7. The number of hydrogen-bond acceptors (Lipinski definition) is 3. The zero-order chi connectivity index (χ0) is 15.4. The predicted octanol–water partition coefficient (Wildman–Crippen LogP) is 3.86. The van der Waals surface area contributed by atoms with Gasteiger partial charge in [0.1, 0.15) is 0 Å². The van der Waals surface area contributed by atoms with E-state index in [0.29, 0.717) is 0 Å². The van der Waals surface area contributed by atoms with Crippen molar-refractivity contribution in [2.24, 2.45) is 0 Å². The Morgan fingerprint density at radius 3 is 2.41 bits per heavy atom. The topological polar surface area (TPSA) is 18.5 Å². The summed E-state index contributed by atoms with van der Waals surface area (Å²) in [7, 11) is 1.64. The molecule has 0 unspecified atom stereocenters. The molecule has 22 heavy (non-hydrogen) atoms. The summed E-state index contributed by atoms with van der Waals surface area (Å²) in [4.78, 5) is 1.15. The summed E-state index contributed by atoms with van der Waals surface area (Å²) in [5.41, 5.74) is 3.48. The van der Waals surface area contributed by atoms with E-state index >= 15 is 0 Å². The van der Waals surface area contributed by atoms with E-state index in [1.165, 1.54) is 9.80 Å². The summed E-state index contributed by atoms with van der Waals surface area (Å²) in [6.07, 6.45) is 0. The Labute approximate surface area is 143 Å². The molecule has 3 rings (SSSR count). The Bertz CT molecular complexity index is 753. The van der Waals surface area contributed by atoms with Crippen LogP contribution in [0.5, 0.6) is 5.75 Å². The van der Waals surface area contributed by atoms with Crippen LogP contribution in [-0.4, -0.2) is 31.6 Å². The van der Waals surface area contributed by atoms with E-state index in [4.69, 9.17) is 9.47 Å². The van der Waals surface area contributed by atoms with E-state index in [9.17, 15) is 0 Å². The minimum atomic E-state index is 0.245. The molecule has 2 aromatic carbocycles. The van der Waals surface area contributed by atoms with Gasteiger partial charge in [0.05, 0.1) is 0 Å². The molecule has 0 aliphatic heterocycles. The molecule has 0 aliphatic rings. The van der Waals surface area contributed by atoms with Gasteiger partial charge in [-0.15, -0.1) is 0 Å². The first-order valence-corrected chi connectivity index (χ1v) is 8.04. The van der Waals surface area contributed by atoms with Gasteiger partial charge in [-0.05, 0) is 0 Å². The van der Waals surface area contributed by atoms with E-state index in [0.717, 1.165) is 21.8 Å². The maximum atomic E-state index is 5.91. The fraction of sp³-hybridized carbons (Fsp3) is 0.111. The Balaban J connectivity index is 2.12. The van der Waals surface area contributed by atoms with Crippen LogP contribution in [0.1, 0.15) is 0 Å². The summed E-state index contributed by atoms with van der Waals surface area (Å²) in [5.74, 6) is 0.896. The monoisotopic (exact) mass is 302 g/mol. The summed E-state index contributed by atoms with van der Waals surface area (Å²) >= 11 is 3.83. The van der Waals surface area contributed by atoms with Crippen molar-refractivity contribution in [2.75, 3.05) is 13.9 Å². The second kappa shape index (κ2) is 7.17. The molecule has 0 fully saturated rings. The van der Waals surface area contributed by atoms with Gasteiger partial charge >= 0.3 is 144 Å². The first-order valence-electron chi connectivity index (χ1n) is 7.16. The summed E-state index contributed by atoms with van der Waals surface area (Å²) in [6.45, 7) is 0.245. The molecule has 0 saturated heterocycles. The molecule has 0 bridgehead atoms. The quantitative estimate of drug-likeness (QED) is 0.526. The molecule has 1 heterocycles. The average molecular weight is 302 g/mol. The molecule has 2 nitrogen and oxygen atoms in total. The Morgan fingerprint density at radius 2 is 1.68 bits per heavy atom. The molecular weight excluding hydrogens is 287 g/mol. The van der Waals surface area contributed by atoms with Gasteiger partial charge in [0.25, 0.3) is 0 Å². The van der Waals surface area contributed by atoms with Crippen LogP contribution >= 0.6 is 11.3 Å². The summed E-state index contributed by atoms with van der Waals surface area (Å²) in [6, 6.07) is 18.7. The predicted molar refractivity (Wildman–Crippen MR) is 93.1 cm³/mol. The van der Waals surface area contributed by atoms with Crippen LogP contribution in [0.15, 0.2) is 60.0 Å². The number of ether oxygens (including phenoxy) is 2. The minimum absolute atomic E-state index is 0.245. The van der Waals surface area contributed by atoms with E-state index in [1.807, 2.05) is 18.2 Å². The van der Waals surface area contributed by atoms with Gasteiger partial charge in [-0.1, -0.05) is 0 Å². The molecule has 1 aromatic heterocycles. The molecule has 0 aliphatic carbocycles. The number of benzene rings is 2. The first-order chi connectivity index (χ1) is 10.8. The fourth-order valence-corrected chi connectivity index (χ4v) is 3.55. The molecule has 0 saturated carbocycles. The van der Waals surface area contributed by atoms with Gasteiger partial charge in [0.2, 0.25) is 0 Å². The molecule has 4 heteroatoms. The van der Waals surface area contributed by atoms with Crippen molar-refractivity contribution in [3.8, 4) is 27.3 Å². The van der Waals surface area contributed by atoms with Crippen molar-refractivity contribution < 1.29 is 9.47 Å². The zero-order valence-corrected chi connectivity index (χ0v) is 13.5. The first kappa shape index (κ1) is 15.4. The maximum absolute atomic E-state index is 5.91. The van der Waals surface area contributed by atoms with Gasteiger partial charge in [0.15, 0.2) is 0 Å². The fourth-order valence-electron chi connectivity index (χ4n) is 2.44. The number of methoxy groups -OCH3 is 1. The van der Waals surface area contributed by atoms with Crippen molar-refractivity contribution in [3.05, 3.63) is 60.0 Å². The summed E-state index contributed by atoms with van der Waals surface area (Å²) < 4.78 is 12.3. The van der Waals surface area contributed by atoms with E-state index in [2.05, 4.69) is 59.5 Å². The van der Waals surface area contributed by atoms with Crippen molar-refractivity contribution in [3.63, 3.8) is 0 Å². The van der Waals surface area contributed by atoms with E-state index < -0.39 is 0 Å². The van der Waals surface area contributed by atoms with Crippen LogP contribution in [0.2, 0.25) is 0 Å². The van der Waals surface area contributed by atoms with E-state index in [1.54, 1.807) is 18.4 Å². The standard InChI is InChI=1S/C18H15O2S.Li/c1-19-13-20-17-16(14-8-4-2-5-9-14)12-21-18(17)15-10-6-3-7-11-15;/h2-10,12H,13H2,1H3;. The van der Waals surface area contributed by atoms with Gasteiger partial charge in [-0.3, -0.25) is 0 Å². The average Bonchev–Trinajstić information content (AvgIpc) is 2.97. The molecular formula is C18H15LiO2S. The van der Waals surface area contributed by atoms with Gasteiger partial charge < -0.3 is 0 Å². The van der Waals surface area contributed by atoms with Crippen LogP contribution in [0.25, 0.3) is 21.6 Å². The molecule has 0 amide bonds. The Morgan fingerprint density at radius 1 is 0.955 bits per heavy atom. The normalized spacial score (nSPS) is 10.7. The van der Waals surface area contributed by atoms with Crippen LogP contribution in [0, 0.1) is 0 Å². The second-order valence-electron chi connectivity index (χ2n) is 5.04. The van der Waals surface area contributed by atoms with Crippen LogP contribution < -0.4 is 8.97 Å². The third kappa shape index (κ3) is 3.14. The van der Waals surface area contributed by atoms with Gasteiger partial charge in [-0.2, -0.15) is 0 Å². The third-order valence-electron chi connectivity index (χ3n) is 3.54. The molecule has 0 N–H and O–H groups in total. The summed E-state index contributed by atoms with van der Waals surface area (Å²) in [5, 5.41) is 2.15. The van der Waals surface area contributed by atoms with E-state index in [-0.39, 0.29) is 6.79 Å². The van der Waals surface area contributed by atoms with Crippen molar-refractivity contribution in [2.45, 2.75) is 0 Å². The molecule has 0 spiro atoms. The van der Waals surface area contributed by atoms with Gasteiger partial charge in [-0.25, -0.2) is 0 Å². The van der Waals surface area contributed by atoms with Crippen molar-refractivity contribution in [1.82, 2.24) is 0 Å². The Kier molecular flexibility index (Phi) is 5.02. The molecule has 0 atom stereocenters. The van der Waals surface area contributed by atoms with Crippen molar-refractivity contribution in [1.29, 1.82) is 0 Å². The Hall–Kier alpha value is -1.50. The third-order valence-corrected chi connectivity index (χ3v) is 4.54. The van der Waals surface area contributed by atoms with Gasteiger partial charge in [0, 0.05) is 0 Å².